The van der Waals surface area contributed by atoms with E-state index in [1.165, 1.54) is 0 Å². The van der Waals surface area contributed by atoms with Crippen molar-refractivity contribution >= 4 is 45.1 Å². The highest BCUT2D eigenvalue weighted by atomic mass is 127. The van der Waals surface area contributed by atoms with Crippen LogP contribution in [0.15, 0.2) is 12.1 Å². The van der Waals surface area contributed by atoms with Gasteiger partial charge >= 0.3 is 0 Å². The second kappa shape index (κ2) is 2.88. The molecule has 0 unspecified atom stereocenters. The summed E-state index contributed by atoms with van der Waals surface area (Å²) in [6.45, 7) is 2.01. The zero-order valence-corrected chi connectivity index (χ0v) is 9.27. The minimum atomic E-state index is 0.763. The number of aromatic amines is 1. The first-order valence-corrected chi connectivity index (χ1v) is 4.94. The molecule has 2 aromatic rings. The Kier molecular flexibility index (Phi) is 2.00. The molecule has 0 bridgehead atoms. The number of nitrogens with zero attached hydrogens (tertiary/aromatic N) is 1. The number of nitrogens with one attached hydrogen (secondary N) is 1. The van der Waals surface area contributed by atoms with Crippen LogP contribution in [0.1, 0.15) is 5.56 Å². The third kappa shape index (κ3) is 1.21. The van der Waals surface area contributed by atoms with E-state index in [2.05, 4.69) is 32.8 Å². The van der Waals surface area contributed by atoms with E-state index in [-0.39, 0.29) is 0 Å². The summed E-state index contributed by atoms with van der Waals surface area (Å²) in [7, 11) is 0. The monoisotopic (exact) mass is 292 g/mol. The van der Waals surface area contributed by atoms with Gasteiger partial charge in [0, 0.05) is 10.4 Å². The van der Waals surface area contributed by atoms with Crippen molar-refractivity contribution in [1.82, 2.24) is 10.2 Å². The smallest absolute Gasteiger partial charge is 0.104 e. The molecule has 0 amide bonds. The van der Waals surface area contributed by atoms with Crippen LogP contribution in [0.3, 0.4) is 0 Å². The first-order chi connectivity index (χ1) is 5.68. The fourth-order valence-corrected chi connectivity index (χ4v) is 2.02. The molecule has 1 N–H and O–H groups in total. The van der Waals surface area contributed by atoms with Crippen molar-refractivity contribution in [2.75, 3.05) is 0 Å². The first-order valence-electron chi connectivity index (χ1n) is 3.48. The van der Waals surface area contributed by atoms with Gasteiger partial charge in [0.1, 0.15) is 3.70 Å². The molecule has 0 fully saturated rings. The van der Waals surface area contributed by atoms with Gasteiger partial charge in [-0.25, -0.2) is 0 Å². The predicted octanol–water partition coefficient (Wildman–Crippen LogP) is 3.13. The Morgan fingerprint density at radius 2 is 2.25 bits per heavy atom. The maximum absolute atomic E-state index is 5.91. The molecular formula is C8H6ClIN2. The quantitative estimate of drug-likeness (QED) is 0.743. The lowest BCUT2D eigenvalue weighted by Crippen LogP contribution is -1.76. The maximum Gasteiger partial charge on any atom is 0.104 e. The Hall–Kier alpha value is -0.290. The SMILES string of the molecule is Cc1cc(Cl)cc2c(I)[nH]nc12. The lowest BCUT2D eigenvalue weighted by Gasteiger charge is -1.95. The van der Waals surface area contributed by atoms with Gasteiger partial charge in [-0.05, 0) is 47.2 Å². The molecule has 2 rings (SSSR count). The third-order valence-corrected chi connectivity index (χ3v) is 2.81. The summed E-state index contributed by atoms with van der Waals surface area (Å²) >= 11 is 8.12. The Labute approximate surface area is 88.4 Å². The zero-order valence-electron chi connectivity index (χ0n) is 6.36. The number of benzene rings is 1. The van der Waals surface area contributed by atoms with Gasteiger partial charge in [0.15, 0.2) is 0 Å². The van der Waals surface area contributed by atoms with Crippen LogP contribution in [0, 0.1) is 10.6 Å². The number of rotatable bonds is 0. The lowest BCUT2D eigenvalue weighted by atomic mass is 10.2. The highest BCUT2D eigenvalue weighted by Crippen LogP contribution is 2.24. The Balaban J connectivity index is 2.92. The van der Waals surface area contributed by atoms with E-state index >= 15 is 0 Å². The standard InChI is InChI=1S/C8H6ClIN2/c1-4-2-5(9)3-6-7(4)11-12-8(6)10/h2-3H,1H3,(H,11,12). The molecule has 4 heteroatoms. The van der Waals surface area contributed by atoms with E-state index in [0.717, 1.165) is 25.2 Å². The number of aryl methyl sites for hydroxylation is 1. The second-order valence-electron chi connectivity index (χ2n) is 2.66. The first kappa shape index (κ1) is 8.31. The summed E-state index contributed by atoms with van der Waals surface area (Å²) in [6.07, 6.45) is 0. The van der Waals surface area contributed by atoms with Gasteiger partial charge in [0.2, 0.25) is 0 Å². The largest absolute Gasteiger partial charge is 0.271 e. The summed E-state index contributed by atoms with van der Waals surface area (Å²) in [5.74, 6) is 0. The molecular weight excluding hydrogens is 286 g/mol. The minimum Gasteiger partial charge on any atom is -0.271 e. The molecule has 0 aliphatic heterocycles. The van der Waals surface area contributed by atoms with E-state index in [9.17, 15) is 0 Å². The molecule has 12 heavy (non-hydrogen) atoms. The van der Waals surface area contributed by atoms with Gasteiger partial charge in [-0.2, -0.15) is 5.10 Å². The number of aromatic nitrogens is 2. The average Bonchev–Trinajstić information content (AvgIpc) is 2.33. The zero-order chi connectivity index (χ0) is 8.72. The molecule has 2 nitrogen and oxygen atoms in total. The Morgan fingerprint density at radius 3 is 3.00 bits per heavy atom. The van der Waals surface area contributed by atoms with Crippen molar-refractivity contribution in [2.24, 2.45) is 0 Å². The van der Waals surface area contributed by atoms with Gasteiger partial charge < -0.3 is 0 Å². The van der Waals surface area contributed by atoms with Gasteiger partial charge in [-0.1, -0.05) is 11.6 Å². The molecule has 0 spiro atoms. The molecule has 0 aliphatic rings. The fourth-order valence-electron chi connectivity index (χ4n) is 1.22. The number of fused-ring (bicyclic) bond motifs is 1. The molecule has 1 aromatic heterocycles. The number of H-pyrrole nitrogens is 1. The molecule has 1 heterocycles. The van der Waals surface area contributed by atoms with Crippen molar-refractivity contribution in [3.8, 4) is 0 Å². The van der Waals surface area contributed by atoms with Crippen LogP contribution >= 0.6 is 34.2 Å². The summed E-state index contributed by atoms with van der Waals surface area (Å²) in [4.78, 5) is 0. The highest BCUT2D eigenvalue weighted by molar-refractivity contribution is 14.1. The minimum absolute atomic E-state index is 0.763. The van der Waals surface area contributed by atoms with Crippen LogP contribution < -0.4 is 0 Å². The second-order valence-corrected chi connectivity index (χ2v) is 4.17. The van der Waals surface area contributed by atoms with Crippen LogP contribution in [0.4, 0.5) is 0 Å². The van der Waals surface area contributed by atoms with Gasteiger partial charge in [0.25, 0.3) is 0 Å². The molecule has 62 valence electrons. The summed E-state index contributed by atoms with van der Waals surface area (Å²) < 4.78 is 1.04. The van der Waals surface area contributed by atoms with E-state index in [1.54, 1.807) is 0 Å². The van der Waals surface area contributed by atoms with Crippen molar-refractivity contribution in [2.45, 2.75) is 6.92 Å². The molecule has 1 aromatic carbocycles. The third-order valence-electron chi connectivity index (χ3n) is 1.77. The number of halogens is 2. The van der Waals surface area contributed by atoms with Crippen LogP contribution in [0.25, 0.3) is 10.9 Å². The Morgan fingerprint density at radius 1 is 1.50 bits per heavy atom. The van der Waals surface area contributed by atoms with E-state index in [1.807, 2.05) is 19.1 Å². The average molecular weight is 293 g/mol. The highest BCUT2D eigenvalue weighted by Gasteiger charge is 2.05. The van der Waals surface area contributed by atoms with Crippen LogP contribution in [-0.2, 0) is 0 Å². The number of hydrogen-bond donors (Lipinski definition) is 1. The molecule has 0 atom stereocenters. The Bertz CT molecular complexity index is 436. The molecule has 0 radical (unpaired) electrons. The van der Waals surface area contributed by atoms with Crippen LogP contribution in [0.2, 0.25) is 5.02 Å². The summed E-state index contributed by atoms with van der Waals surface area (Å²) in [5.41, 5.74) is 2.11. The van der Waals surface area contributed by atoms with Gasteiger partial charge in [0.05, 0.1) is 5.52 Å². The van der Waals surface area contributed by atoms with Crippen molar-refractivity contribution in [3.63, 3.8) is 0 Å². The molecule has 0 aliphatic carbocycles. The van der Waals surface area contributed by atoms with Crippen LogP contribution in [-0.4, -0.2) is 10.2 Å². The lowest BCUT2D eigenvalue weighted by molar-refractivity contribution is 1.09. The summed E-state index contributed by atoms with van der Waals surface area (Å²) in [6, 6.07) is 3.84. The van der Waals surface area contributed by atoms with Crippen molar-refractivity contribution < 1.29 is 0 Å². The number of hydrogen-bond acceptors (Lipinski definition) is 1. The maximum atomic E-state index is 5.91. The van der Waals surface area contributed by atoms with Gasteiger partial charge in [-0.3, -0.25) is 5.10 Å². The van der Waals surface area contributed by atoms with E-state index in [0.29, 0.717) is 0 Å². The molecule has 0 saturated heterocycles. The summed E-state index contributed by atoms with van der Waals surface area (Å²) in [5, 5.41) is 8.95. The van der Waals surface area contributed by atoms with E-state index in [4.69, 9.17) is 11.6 Å². The molecule has 0 saturated carbocycles. The van der Waals surface area contributed by atoms with E-state index < -0.39 is 0 Å². The van der Waals surface area contributed by atoms with Gasteiger partial charge in [-0.15, -0.1) is 0 Å². The fraction of sp³-hybridized carbons (Fsp3) is 0.125. The topological polar surface area (TPSA) is 28.7 Å². The predicted molar refractivity (Wildman–Crippen MR) is 58.6 cm³/mol. The van der Waals surface area contributed by atoms with Crippen molar-refractivity contribution in [3.05, 3.63) is 26.4 Å². The van der Waals surface area contributed by atoms with Crippen LogP contribution in [0.5, 0.6) is 0 Å². The van der Waals surface area contributed by atoms with Crippen molar-refractivity contribution in [1.29, 1.82) is 0 Å². The normalized spacial score (nSPS) is 10.9.